The number of hydrogen-bond donors (Lipinski definition) is 0. The topological polar surface area (TPSA) is 0 Å². The van der Waals surface area contributed by atoms with Crippen molar-refractivity contribution < 1.29 is 0 Å². The monoisotopic (exact) mass is 248 g/mol. The van der Waals surface area contributed by atoms with Crippen LogP contribution >= 0.6 is 0 Å². The molecule has 1 aromatic carbocycles. The summed E-state index contributed by atoms with van der Waals surface area (Å²) < 4.78 is 0. The molecule has 0 N–H and O–H groups in total. The SMILES string of the molecule is CC1=CC=C(C2=Cc3cccc(=C(C)C)c3=C2C)C1. The Morgan fingerprint density at radius 2 is 1.84 bits per heavy atom. The Hall–Kier alpha value is -1.82. The molecule has 3 rings (SSSR count). The lowest BCUT2D eigenvalue weighted by molar-refractivity contribution is 1.18. The Balaban J connectivity index is 2.22. The fraction of sp³-hybridized carbons (Fsp3) is 0.263. The first kappa shape index (κ1) is 12.2. The van der Waals surface area contributed by atoms with Crippen molar-refractivity contribution >= 4 is 17.2 Å². The zero-order valence-corrected chi connectivity index (χ0v) is 12.2. The normalized spacial score (nSPS) is 17.1. The van der Waals surface area contributed by atoms with E-state index in [-0.39, 0.29) is 0 Å². The fourth-order valence-electron chi connectivity index (χ4n) is 3.10. The Morgan fingerprint density at radius 1 is 1.05 bits per heavy atom. The van der Waals surface area contributed by atoms with Gasteiger partial charge >= 0.3 is 0 Å². The lowest BCUT2D eigenvalue weighted by Crippen LogP contribution is -2.28. The molecular formula is C19H20. The summed E-state index contributed by atoms with van der Waals surface area (Å²) in [5, 5.41) is 2.83. The van der Waals surface area contributed by atoms with Gasteiger partial charge in [-0.3, -0.25) is 0 Å². The van der Waals surface area contributed by atoms with Gasteiger partial charge in [-0.25, -0.2) is 0 Å². The van der Waals surface area contributed by atoms with Gasteiger partial charge in [-0.05, 0) is 72.9 Å². The van der Waals surface area contributed by atoms with E-state index in [9.17, 15) is 0 Å². The summed E-state index contributed by atoms with van der Waals surface area (Å²) in [7, 11) is 0. The Kier molecular flexibility index (Phi) is 2.82. The van der Waals surface area contributed by atoms with Crippen molar-refractivity contribution in [3.63, 3.8) is 0 Å². The molecule has 0 atom stereocenters. The number of benzene rings is 1. The molecule has 0 amide bonds. The molecule has 2 aliphatic carbocycles. The molecule has 0 saturated carbocycles. The molecule has 0 unspecified atom stereocenters. The van der Waals surface area contributed by atoms with Crippen LogP contribution in [0.5, 0.6) is 0 Å². The lowest BCUT2D eigenvalue weighted by atomic mass is 9.98. The first-order chi connectivity index (χ1) is 9.08. The van der Waals surface area contributed by atoms with Gasteiger partial charge in [0.25, 0.3) is 0 Å². The number of hydrogen-bond acceptors (Lipinski definition) is 0. The van der Waals surface area contributed by atoms with E-state index in [0.717, 1.165) is 6.42 Å². The van der Waals surface area contributed by atoms with E-state index in [4.69, 9.17) is 0 Å². The van der Waals surface area contributed by atoms with E-state index in [2.05, 4.69) is 64.1 Å². The maximum absolute atomic E-state index is 2.36. The molecule has 0 bridgehead atoms. The number of allylic oxidation sites excluding steroid dienone is 5. The van der Waals surface area contributed by atoms with Gasteiger partial charge in [-0.15, -0.1) is 0 Å². The number of fused-ring (bicyclic) bond motifs is 1. The molecule has 19 heavy (non-hydrogen) atoms. The van der Waals surface area contributed by atoms with Crippen molar-refractivity contribution in [2.75, 3.05) is 0 Å². The van der Waals surface area contributed by atoms with Crippen LogP contribution in [0.2, 0.25) is 0 Å². The third-order valence-corrected chi connectivity index (χ3v) is 4.10. The standard InChI is InChI=1S/C19H20/c1-12(2)17-7-5-6-16-11-18(14(4)19(16)17)15-9-8-13(3)10-15/h5-9,11H,10H2,1-4H3. The average molecular weight is 248 g/mol. The minimum Gasteiger partial charge on any atom is -0.0689 e. The lowest BCUT2D eigenvalue weighted by Gasteiger charge is -2.06. The highest BCUT2D eigenvalue weighted by molar-refractivity contribution is 5.86. The second-order valence-electron chi connectivity index (χ2n) is 5.83. The molecule has 1 aromatic rings. The molecule has 0 heteroatoms. The van der Waals surface area contributed by atoms with Crippen LogP contribution in [0.3, 0.4) is 0 Å². The van der Waals surface area contributed by atoms with Crippen LogP contribution in [0, 0.1) is 0 Å². The Bertz CT molecular complexity index is 761. The molecule has 0 fully saturated rings. The Labute approximate surface area is 115 Å². The molecule has 0 nitrogen and oxygen atoms in total. The predicted octanol–water partition coefficient (Wildman–Crippen LogP) is 3.72. The highest BCUT2D eigenvalue weighted by atomic mass is 14.2. The van der Waals surface area contributed by atoms with Gasteiger partial charge in [-0.2, -0.15) is 0 Å². The first-order valence-corrected chi connectivity index (χ1v) is 6.94. The van der Waals surface area contributed by atoms with E-state index < -0.39 is 0 Å². The van der Waals surface area contributed by atoms with Crippen LogP contribution in [0.15, 0.2) is 47.1 Å². The van der Waals surface area contributed by atoms with Crippen molar-refractivity contribution in [2.24, 2.45) is 0 Å². The maximum Gasteiger partial charge on any atom is -0.00607 e. The summed E-state index contributed by atoms with van der Waals surface area (Å²) in [6.45, 7) is 8.86. The van der Waals surface area contributed by atoms with E-state index in [1.165, 1.54) is 43.9 Å². The second kappa shape index (κ2) is 4.38. The van der Waals surface area contributed by atoms with Crippen LogP contribution in [0.4, 0.5) is 0 Å². The summed E-state index contributed by atoms with van der Waals surface area (Å²) in [5.74, 6) is 0. The largest absolute Gasteiger partial charge is 0.0689 e. The summed E-state index contributed by atoms with van der Waals surface area (Å²) in [6.07, 6.45) is 7.97. The van der Waals surface area contributed by atoms with Crippen LogP contribution in [-0.4, -0.2) is 0 Å². The number of rotatable bonds is 1. The van der Waals surface area contributed by atoms with Crippen LogP contribution < -0.4 is 10.4 Å². The minimum atomic E-state index is 1.10. The molecule has 0 aromatic heterocycles. The van der Waals surface area contributed by atoms with E-state index in [1.807, 2.05) is 0 Å². The minimum absolute atomic E-state index is 1.10. The molecule has 0 aliphatic heterocycles. The average Bonchev–Trinajstić information content (AvgIpc) is 2.93. The summed E-state index contributed by atoms with van der Waals surface area (Å²) in [4.78, 5) is 0. The zero-order chi connectivity index (χ0) is 13.6. The second-order valence-corrected chi connectivity index (χ2v) is 5.83. The van der Waals surface area contributed by atoms with Crippen LogP contribution in [0.25, 0.3) is 17.2 Å². The molecule has 0 heterocycles. The van der Waals surface area contributed by atoms with E-state index in [1.54, 1.807) is 0 Å². The molecular weight excluding hydrogens is 228 g/mol. The third kappa shape index (κ3) is 1.92. The third-order valence-electron chi connectivity index (χ3n) is 4.10. The first-order valence-electron chi connectivity index (χ1n) is 6.94. The van der Waals surface area contributed by atoms with Crippen molar-refractivity contribution in [2.45, 2.75) is 34.1 Å². The van der Waals surface area contributed by atoms with Gasteiger partial charge in [0.2, 0.25) is 0 Å². The molecule has 0 saturated heterocycles. The highest BCUT2D eigenvalue weighted by Gasteiger charge is 2.17. The summed E-state index contributed by atoms with van der Waals surface area (Å²) >= 11 is 0. The fourth-order valence-corrected chi connectivity index (χ4v) is 3.10. The zero-order valence-electron chi connectivity index (χ0n) is 12.2. The van der Waals surface area contributed by atoms with Gasteiger partial charge < -0.3 is 0 Å². The van der Waals surface area contributed by atoms with Gasteiger partial charge in [0.1, 0.15) is 0 Å². The summed E-state index contributed by atoms with van der Waals surface area (Å²) in [5.41, 5.74) is 8.54. The van der Waals surface area contributed by atoms with Gasteiger partial charge in [0.05, 0.1) is 0 Å². The quantitative estimate of drug-likeness (QED) is 0.710. The smallest absolute Gasteiger partial charge is 0.00607 e. The van der Waals surface area contributed by atoms with Crippen molar-refractivity contribution in [1.29, 1.82) is 0 Å². The van der Waals surface area contributed by atoms with Gasteiger partial charge in [-0.1, -0.05) is 41.5 Å². The van der Waals surface area contributed by atoms with Crippen molar-refractivity contribution in [3.8, 4) is 0 Å². The molecule has 0 spiro atoms. The van der Waals surface area contributed by atoms with E-state index >= 15 is 0 Å². The van der Waals surface area contributed by atoms with Crippen molar-refractivity contribution in [1.82, 2.24) is 0 Å². The van der Waals surface area contributed by atoms with E-state index in [0.29, 0.717) is 0 Å². The molecule has 96 valence electrons. The van der Waals surface area contributed by atoms with Crippen LogP contribution in [-0.2, 0) is 0 Å². The Morgan fingerprint density at radius 3 is 2.47 bits per heavy atom. The maximum atomic E-state index is 2.36. The predicted molar refractivity (Wildman–Crippen MR) is 84.0 cm³/mol. The van der Waals surface area contributed by atoms with Crippen LogP contribution in [0.1, 0.15) is 39.7 Å². The highest BCUT2D eigenvalue weighted by Crippen LogP contribution is 2.32. The molecule has 2 aliphatic rings. The molecule has 0 radical (unpaired) electrons. The van der Waals surface area contributed by atoms with Crippen molar-refractivity contribution in [3.05, 3.63) is 63.1 Å². The van der Waals surface area contributed by atoms with Gasteiger partial charge in [0, 0.05) is 0 Å². The summed E-state index contributed by atoms with van der Waals surface area (Å²) in [6, 6.07) is 6.63. The van der Waals surface area contributed by atoms with Gasteiger partial charge in [0.15, 0.2) is 0 Å².